The van der Waals surface area contributed by atoms with Crippen molar-refractivity contribution in [1.82, 2.24) is 10.2 Å². The lowest BCUT2D eigenvalue weighted by Gasteiger charge is -2.36. The molecule has 0 rings (SSSR count). The third-order valence-corrected chi connectivity index (χ3v) is 3.28. The topological polar surface area (TPSA) is 24.5 Å². The Bertz CT molecular complexity index is 162. The van der Waals surface area contributed by atoms with E-state index in [2.05, 4.69) is 44.8 Å². The summed E-state index contributed by atoms with van der Waals surface area (Å²) in [6, 6.07) is 1.17. The predicted molar refractivity (Wildman–Crippen MR) is 70.9 cm³/mol. The molecule has 3 heteroatoms. The average Bonchev–Trinajstić information content (AvgIpc) is 2.25. The highest BCUT2D eigenvalue weighted by Gasteiger charge is 2.21. The Balaban J connectivity index is 4.18. The Morgan fingerprint density at radius 3 is 2.25 bits per heavy atom. The first-order valence-electron chi connectivity index (χ1n) is 6.49. The van der Waals surface area contributed by atoms with E-state index < -0.39 is 0 Å². The molecule has 0 saturated carbocycles. The molecular formula is C13H30N2O. The Morgan fingerprint density at radius 1 is 1.19 bits per heavy atom. The second kappa shape index (κ2) is 8.97. The van der Waals surface area contributed by atoms with Crippen molar-refractivity contribution in [2.75, 3.05) is 33.4 Å². The van der Waals surface area contributed by atoms with Gasteiger partial charge in [-0.25, -0.2) is 0 Å². The van der Waals surface area contributed by atoms with Crippen LogP contribution in [0.1, 0.15) is 34.6 Å². The molecule has 0 aliphatic heterocycles. The molecule has 0 radical (unpaired) electrons. The SMILES string of the molecule is CCNCC(C)C(C)N(CCOC)C(C)C. The zero-order valence-electron chi connectivity index (χ0n) is 11.9. The Labute approximate surface area is 102 Å². The van der Waals surface area contributed by atoms with Gasteiger partial charge in [0, 0.05) is 25.7 Å². The molecule has 0 aliphatic carbocycles. The molecule has 1 N–H and O–H groups in total. The zero-order valence-corrected chi connectivity index (χ0v) is 11.9. The van der Waals surface area contributed by atoms with Crippen molar-refractivity contribution >= 4 is 0 Å². The van der Waals surface area contributed by atoms with Crippen molar-refractivity contribution in [1.29, 1.82) is 0 Å². The summed E-state index contributed by atoms with van der Waals surface area (Å²) in [5.41, 5.74) is 0. The molecule has 0 aromatic carbocycles. The highest BCUT2D eigenvalue weighted by molar-refractivity contribution is 4.76. The fourth-order valence-electron chi connectivity index (χ4n) is 2.00. The second-order valence-electron chi connectivity index (χ2n) is 4.85. The molecule has 0 bridgehead atoms. The summed E-state index contributed by atoms with van der Waals surface area (Å²) in [6.07, 6.45) is 0. The first kappa shape index (κ1) is 15.9. The molecule has 0 amide bonds. The summed E-state index contributed by atoms with van der Waals surface area (Å²) < 4.78 is 5.18. The minimum Gasteiger partial charge on any atom is -0.383 e. The van der Waals surface area contributed by atoms with Gasteiger partial charge in [-0.3, -0.25) is 4.90 Å². The molecule has 0 spiro atoms. The van der Waals surface area contributed by atoms with Gasteiger partial charge in [-0.1, -0.05) is 13.8 Å². The number of hydrogen-bond donors (Lipinski definition) is 1. The highest BCUT2D eigenvalue weighted by atomic mass is 16.5. The van der Waals surface area contributed by atoms with Gasteiger partial charge in [0.15, 0.2) is 0 Å². The minimum absolute atomic E-state index is 0.578. The van der Waals surface area contributed by atoms with Gasteiger partial charge in [-0.15, -0.1) is 0 Å². The molecule has 0 aromatic heterocycles. The lowest BCUT2D eigenvalue weighted by molar-refractivity contribution is 0.0801. The number of methoxy groups -OCH3 is 1. The summed E-state index contributed by atoms with van der Waals surface area (Å²) in [4.78, 5) is 2.52. The molecule has 0 saturated heterocycles. The molecule has 0 aromatic rings. The Morgan fingerprint density at radius 2 is 1.81 bits per heavy atom. The molecule has 16 heavy (non-hydrogen) atoms. The van der Waals surface area contributed by atoms with Crippen LogP contribution in [0.3, 0.4) is 0 Å². The fourth-order valence-corrected chi connectivity index (χ4v) is 2.00. The monoisotopic (exact) mass is 230 g/mol. The van der Waals surface area contributed by atoms with Gasteiger partial charge in [-0.2, -0.15) is 0 Å². The van der Waals surface area contributed by atoms with Crippen molar-refractivity contribution in [3.63, 3.8) is 0 Å². The van der Waals surface area contributed by atoms with Crippen LogP contribution in [0.25, 0.3) is 0 Å². The predicted octanol–water partition coefficient (Wildman–Crippen LogP) is 1.98. The van der Waals surface area contributed by atoms with Crippen molar-refractivity contribution < 1.29 is 4.74 Å². The van der Waals surface area contributed by atoms with Crippen LogP contribution in [-0.4, -0.2) is 50.3 Å². The van der Waals surface area contributed by atoms with Crippen LogP contribution >= 0.6 is 0 Å². The number of nitrogens with zero attached hydrogens (tertiary/aromatic N) is 1. The number of nitrogens with one attached hydrogen (secondary N) is 1. The van der Waals surface area contributed by atoms with Crippen molar-refractivity contribution in [2.24, 2.45) is 5.92 Å². The molecule has 2 atom stereocenters. The average molecular weight is 230 g/mol. The van der Waals surface area contributed by atoms with E-state index >= 15 is 0 Å². The van der Waals surface area contributed by atoms with Crippen LogP contribution in [0.2, 0.25) is 0 Å². The quantitative estimate of drug-likeness (QED) is 0.655. The summed E-state index contributed by atoms with van der Waals surface area (Å²) in [6.45, 7) is 15.3. The van der Waals surface area contributed by atoms with E-state index in [0.717, 1.165) is 26.2 Å². The van der Waals surface area contributed by atoms with Crippen LogP contribution in [-0.2, 0) is 4.74 Å². The lowest BCUT2D eigenvalue weighted by Crippen LogP contribution is -2.46. The lowest BCUT2D eigenvalue weighted by atomic mass is 10.0. The Kier molecular flexibility index (Phi) is 8.90. The van der Waals surface area contributed by atoms with Crippen molar-refractivity contribution in [2.45, 2.75) is 46.7 Å². The molecule has 0 aliphatic rings. The van der Waals surface area contributed by atoms with E-state index in [0.29, 0.717) is 18.0 Å². The zero-order chi connectivity index (χ0) is 12.6. The maximum absolute atomic E-state index is 5.18. The highest BCUT2D eigenvalue weighted by Crippen LogP contribution is 2.13. The summed E-state index contributed by atoms with van der Waals surface area (Å²) in [5.74, 6) is 0.666. The first-order valence-corrected chi connectivity index (χ1v) is 6.49. The maximum atomic E-state index is 5.18. The van der Waals surface area contributed by atoms with Crippen LogP contribution in [0, 0.1) is 5.92 Å². The number of ether oxygens (including phenoxy) is 1. The van der Waals surface area contributed by atoms with Crippen LogP contribution in [0.15, 0.2) is 0 Å². The van der Waals surface area contributed by atoms with E-state index in [-0.39, 0.29) is 0 Å². The maximum Gasteiger partial charge on any atom is 0.0589 e. The van der Waals surface area contributed by atoms with Gasteiger partial charge in [0.05, 0.1) is 6.61 Å². The van der Waals surface area contributed by atoms with Crippen molar-refractivity contribution in [3.8, 4) is 0 Å². The molecular weight excluding hydrogens is 200 g/mol. The first-order chi connectivity index (χ1) is 7.54. The van der Waals surface area contributed by atoms with Crippen LogP contribution < -0.4 is 5.32 Å². The number of rotatable bonds is 9. The molecule has 2 unspecified atom stereocenters. The van der Waals surface area contributed by atoms with Gasteiger partial charge in [0.1, 0.15) is 0 Å². The van der Waals surface area contributed by atoms with Gasteiger partial charge in [-0.05, 0) is 39.8 Å². The fraction of sp³-hybridized carbons (Fsp3) is 1.00. The summed E-state index contributed by atoms with van der Waals surface area (Å²) in [5, 5.41) is 3.42. The van der Waals surface area contributed by atoms with Crippen molar-refractivity contribution in [3.05, 3.63) is 0 Å². The minimum atomic E-state index is 0.578. The van der Waals surface area contributed by atoms with E-state index in [1.54, 1.807) is 7.11 Å². The molecule has 0 heterocycles. The van der Waals surface area contributed by atoms with Crippen LogP contribution in [0.4, 0.5) is 0 Å². The molecule has 98 valence electrons. The number of hydrogen-bond acceptors (Lipinski definition) is 3. The largest absolute Gasteiger partial charge is 0.383 e. The van der Waals surface area contributed by atoms with Gasteiger partial charge in [0.2, 0.25) is 0 Å². The van der Waals surface area contributed by atoms with Gasteiger partial charge >= 0.3 is 0 Å². The molecule has 0 fully saturated rings. The standard InChI is InChI=1S/C13H30N2O/c1-7-14-10-12(4)13(5)15(11(2)3)8-9-16-6/h11-14H,7-10H2,1-6H3. The third-order valence-electron chi connectivity index (χ3n) is 3.28. The summed E-state index contributed by atoms with van der Waals surface area (Å²) >= 11 is 0. The van der Waals surface area contributed by atoms with Crippen LogP contribution in [0.5, 0.6) is 0 Å². The summed E-state index contributed by atoms with van der Waals surface area (Å²) in [7, 11) is 1.77. The molecule has 3 nitrogen and oxygen atoms in total. The normalized spacial score (nSPS) is 15.8. The second-order valence-corrected chi connectivity index (χ2v) is 4.85. The third kappa shape index (κ3) is 5.83. The van der Waals surface area contributed by atoms with E-state index in [9.17, 15) is 0 Å². The Hall–Kier alpha value is -0.120. The van der Waals surface area contributed by atoms with E-state index in [1.165, 1.54) is 0 Å². The van der Waals surface area contributed by atoms with E-state index in [4.69, 9.17) is 4.74 Å². The van der Waals surface area contributed by atoms with Gasteiger partial charge in [0.25, 0.3) is 0 Å². The smallest absolute Gasteiger partial charge is 0.0589 e. The van der Waals surface area contributed by atoms with Gasteiger partial charge < -0.3 is 10.1 Å². The van der Waals surface area contributed by atoms with E-state index in [1.807, 2.05) is 0 Å².